The first-order valence-corrected chi connectivity index (χ1v) is 8.57. The third-order valence-corrected chi connectivity index (χ3v) is 4.24. The summed E-state index contributed by atoms with van der Waals surface area (Å²) < 4.78 is 3.07. The summed E-state index contributed by atoms with van der Waals surface area (Å²) in [4.78, 5) is 6.99. The molecule has 3 rings (SSSR count). The summed E-state index contributed by atoms with van der Waals surface area (Å²) in [5.74, 6) is 0.354. The Kier molecular flexibility index (Phi) is 4.98. The third-order valence-electron chi connectivity index (χ3n) is 3.78. The zero-order valence-electron chi connectivity index (χ0n) is 13.1. The van der Waals surface area contributed by atoms with Crippen molar-refractivity contribution < 1.29 is 5.11 Å². The second-order valence-corrected chi connectivity index (χ2v) is 6.60. The lowest BCUT2D eigenvalue weighted by Crippen LogP contribution is -2.23. The Labute approximate surface area is 144 Å². The van der Waals surface area contributed by atoms with Crippen LogP contribution in [0.15, 0.2) is 53.3 Å². The van der Waals surface area contributed by atoms with E-state index in [4.69, 9.17) is 0 Å². The monoisotopic (exact) mass is 373 g/mol. The summed E-state index contributed by atoms with van der Waals surface area (Å²) in [6.45, 7) is 4.62. The Hall–Kier alpha value is -1.85. The number of hydrogen-bond donors (Lipinski definition) is 1. The third kappa shape index (κ3) is 3.92. The van der Waals surface area contributed by atoms with E-state index in [0.29, 0.717) is 5.75 Å². The highest BCUT2D eigenvalue weighted by atomic mass is 79.9. The molecule has 5 heteroatoms. The quantitative estimate of drug-likeness (QED) is 0.703. The molecule has 0 bridgehead atoms. The fourth-order valence-corrected chi connectivity index (χ4v) is 3.09. The molecule has 0 aliphatic carbocycles. The van der Waals surface area contributed by atoms with Gasteiger partial charge in [0.1, 0.15) is 11.4 Å². The molecule has 0 aliphatic rings. The average Bonchev–Trinajstić information content (AvgIpc) is 2.91. The van der Waals surface area contributed by atoms with Crippen molar-refractivity contribution in [3.8, 4) is 5.75 Å². The molecule has 0 spiro atoms. The molecule has 2 heterocycles. The summed E-state index contributed by atoms with van der Waals surface area (Å²) in [6.07, 6.45) is 5.14. The van der Waals surface area contributed by atoms with Crippen LogP contribution in [0.5, 0.6) is 5.75 Å². The van der Waals surface area contributed by atoms with Crippen LogP contribution >= 0.6 is 15.9 Å². The number of imidazole rings is 1. The molecule has 0 amide bonds. The second-order valence-electron chi connectivity index (χ2n) is 5.68. The lowest BCUT2D eigenvalue weighted by Gasteiger charge is -2.21. The minimum atomic E-state index is 0.354. The summed E-state index contributed by atoms with van der Waals surface area (Å²) in [5, 5.41) is 9.99. The van der Waals surface area contributed by atoms with Crippen LogP contribution in [0.25, 0.3) is 5.65 Å². The van der Waals surface area contributed by atoms with Gasteiger partial charge in [-0.25, -0.2) is 4.98 Å². The average molecular weight is 374 g/mol. The number of aromatic nitrogens is 2. The lowest BCUT2D eigenvalue weighted by atomic mass is 10.2. The molecule has 0 fully saturated rings. The van der Waals surface area contributed by atoms with Crippen molar-refractivity contribution in [2.75, 3.05) is 6.54 Å². The van der Waals surface area contributed by atoms with E-state index in [-0.39, 0.29) is 0 Å². The highest BCUT2D eigenvalue weighted by Gasteiger charge is 2.11. The van der Waals surface area contributed by atoms with Crippen molar-refractivity contribution in [2.24, 2.45) is 0 Å². The maximum absolute atomic E-state index is 9.99. The summed E-state index contributed by atoms with van der Waals surface area (Å²) >= 11 is 3.48. The fraction of sp³-hybridized carbons (Fsp3) is 0.278. The van der Waals surface area contributed by atoms with E-state index in [1.807, 2.05) is 40.9 Å². The van der Waals surface area contributed by atoms with Crippen molar-refractivity contribution in [3.05, 3.63) is 64.5 Å². The van der Waals surface area contributed by atoms with Crippen molar-refractivity contribution in [3.63, 3.8) is 0 Å². The highest BCUT2D eigenvalue weighted by molar-refractivity contribution is 9.10. The Bertz CT molecular complexity index is 800. The van der Waals surface area contributed by atoms with Gasteiger partial charge in [0.15, 0.2) is 0 Å². The molecule has 0 atom stereocenters. The van der Waals surface area contributed by atoms with E-state index in [0.717, 1.165) is 47.4 Å². The van der Waals surface area contributed by atoms with Crippen LogP contribution < -0.4 is 0 Å². The summed E-state index contributed by atoms with van der Waals surface area (Å²) in [6, 6.07) is 11.5. The number of aromatic hydroxyl groups is 1. The first-order chi connectivity index (χ1) is 11.2. The zero-order valence-corrected chi connectivity index (χ0v) is 14.7. The van der Waals surface area contributed by atoms with Gasteiger partial charge in [-0.15, -0.1) is 0 Å². The molecule has 1 N–H and O–H groups in total. The van der Waals surface area contributed by atoms with Crippen molar-refractivity contribution in [1.29, 1.82) is 0 Å². The Morgan fingerprint density at radius 2 is 1.96 bits per heavy atom. The second kappa shape index (κ2) is 7.15. The predicted molar refractivity (Wildman–Crippen MR) is 95.4 cm³/mol. The van der Waals surface area contributed by atoms with E-state index >= 15 is 0 Å². The Balaban J connectivity index is 1.79. The van der Waals surface area contributed by atoms with E-state index in [9.17, 15) is 5.11 Å². The number of phenols is 1. The van der Waals surface area contributed by atoms with Gasteiger partial charge in [-0.05, 0) is 47.1 Å². The first kappa shape index (κ1) is 16.0. The van der Waals surface area contributed by atoms with Crippen molar-refractivity contribution >= 4 is 21.6 Å². The normalized spacial score (nSPS) is 11.4. The fourth-order valence-electron chi connectivity index (χ4n) is 2.74. The van der Waals surface area contributed by atoms with E-state index in [1.54, 1.807) is 6.07 Å². The van der Waals surface area contributed by atoms with Crippen LogP contribution in [0.1, 0.15) is 24.6 Å². The molecule has 2 aromatic heterocycles. The van der Waals surface area contributed by atoms with Gasteiger partial charge in [-0.1, -0.05) is 25.1 Å². The highest BCUT2D eigenvalue weighted by Crippen LogP contribution is 2.19. The smallest absolute Gasteiger partial charge is 0.137 e. The molecular formula is C18H20BrN3O. The van der Waals surface area contributed by atoms with Gasteiger partial charge in [-0.2, -0.15) is 0 Å². The van der Waals surface area contributed by atoms with Crippen LogP contribution in [0.3, 0.4) is 0 Å². The van der Waals surface area contributed by atoms with Crippen LogP contribution in [0.4, 0.5) is 0 Å². The minimum absolute atomic E-state index is 0.354. The maximum Gasteiger partial charge on any atom is 0.137 e. The van der Waals surface area contributed by atoms with Crippen molar-refractivity contribution in [1.82, 2.24) is 14.3 Å². The number of para-hydroxylation sites is 1. The van der Waals surface area contributed by atoms with Gasteiger partial charge in [0, 0.05) is 35.5 Å². The number of halogens is 1. The van der Waals surface area contributed by atoms with E-state index in [1.165, 1.54) is 0 Å². The SMILES string of the molecule is CCCN(Cc1cn2cc(Br)ccc2n1)Cc1ccccc1O. The number of hydrogen-bond acceptors (Lipinski definition) is 3. The molecule has 4 nitrogen and oxygen atoms in total. The summed E-state index contributed by atoms with van der Waals surface area (Å²) in [7, 11) is 0. The van der Waals surface area contributed by atoms with Gasteiger partial charge < -0.3 is 9.51 Å². The van der Waals surface area contributed by atoms with Gasteiger partial charge in [0.25, 0.3) is 0 Å². The number of rotatable bonds is 6. The topological polar surface area (TPSA) is 40.8 Å². The molecule has 3 aromatic rings. The maximum atomic E-state index is 9.99. The number of phenolic OH excluding ortho intramolecular Hbond substituents is 1. The molecule has 120 valence electrons. The standard InChI is InChI=1S/C18H20BrN3O/c1-2-9-21(10-14-5-3-4-6-17(14)23)12-16-13-22-11-15(19)7-8-18(22)20-16/h3-8,11,13,23H,2,9-10,12H2,1H3. The van der Waals surface area contributed by atoms with Gasteiger partial charge in [-0.3, -0.25) is 4.90 Å². The molecule has 0 aliphatic heterocycles. The number of fused-ring (bicyclic) bond motifs is 1. The van der Waals surface area contributed by atoms with Crippen LogP contribution in [-0.2, 0) is 13.1 Å². The molecule has 0 unspecified atom stereocenters. The zero-order chi connectivity index (χ0) is 16.2. The largest absolute Gasteiger partial charge is 0.508 e. The van der Waals surface area contributed by atoms with E-state index < -0.39 is 0 Å². The molecule has 0 saturated heterocycles. The lowest BCUT2D eigenvalue weighted by molar-refractivity contribution is 0.251. The van der Waals surface area contributed by atoms with E-state index in [2.05, 4.69) is 38.9 Å². The first-order valence-electron chi connectivity index (χ1n) is 7.78. The molecule has 0 radical (unpaired) electrons. The number of nitrogens with zero attached hydrogens (tertiary/aromatic N) is 3. The summed E-state index contributed by atoms with van der Waals surface area (Å²) in [5.41, 5.74) is 2.93. The Morgan fingerprint density at radius 3 is 2.74 bits per heavy atom. The van der Waals surface area contributed by atoms with Gasteiger partial charge in [0.2, 0.25) is 0 Å². The molecule has 0 saturated carbocycles. The van der Waals surface area contributed by atoms with Gasteiger partial charge in [0.05, 0.1) is 5.69 Å². The Morgan fingerprint density at radius 1 is 1.13 bits per heavy atom. The van der Waals surface area contributed by atoms with Crippen LogP contribution in [0.2, 0.25) is 0 Å². The van der Waals surface area contributed by atoms with Crippen molar-refractivity contribution in [2.45, 2.75) is 26.4 Å². The molecular weight excluding hydrogens is 354 g/mol. The van der Waals surface area contributed by atoms with Gasteiger partial charge >= 0.3 is 0 Å². The minimum Gasteiger partial charge on any atom is -0.508 e. The molecule has 1 aromatic carbocycles. The predicted octanol–water partition coefficient (Wildman–Crippen LogP) is 4.21. The van der Waals surface area contributed by atoms with Crippen LogP contribution in [-0.4, -0.2) is 25.9 Å². The molecule has 23 heavy (non-hydrogen) atoms. The number of pyridine rings is 1. The number of benzene rings is 1. The van der Waals surface area contributed by atoms with Crippen LogP contribution in [0, 0.1) is 0 Å².